The van der Waals surface area contributed by atoms with E-state index in [0.29, 0.717) is 11.6 Å². The first-order valence-corrected chi connectivity index (χ1v) is 21.4. The largest absolute Gasteiger partial charge is 0.460 e. The third-order valence-electron chi connectivity index (χ3n) is 10.1. The lowest BCUT2D eigenvalue weighted by Crippen LogP contribution is -2.74. The number of rotatable bonds is 24. The summed E-state index contributed by atoms with van der Waals surface area (Å²) in [6.45, 7) is 2.47. The number of carbonyl (C=O) groups excluding carboxylic acids is 1. The van der Waals surface area contributed by atoms with Gasteiger partial charge in [-0.05, 0) is 48.6 Å². The normalized spacial score (nSPS) is 15.3. The molecule has 0 aliphatic heterocycles. The number of aryl methyl sites for hydroxylation is 2. The molecule has 0 unspecified atom stereocenters. The van der Waals surface area contributed by atoms with E-state index in [4.69, 9.17) is 4.74 Å². The van der Waals surface area contributed by atoms with Crippen LogP contribution in [0.1, 0.15) is 35.1 Å². The maximum Gasteiger partial charge on any atom is 0.460 e. The van der Waals surface area contributed by atoms with Gasteiger partial charge in [0, 0.05) is 35.6 Å². The Kier molecular flexibility index (Phi) is 18.8. The molecule has 0 aliphatic rings. The van der Waals surface area contributed by atoms with E-state index in [1.54, 1.807) is 6.92 Å². The predicted octanol–water partition coefficient (Wildman–Crippen LogP) is 17.2. The predicted molar refractivity (Wildman–Crippen MR) is 195 cm³/mol. The van der Waals surface area contributed by atoms with Crippen LogP contribution >= 0.6 is 23.5 Å². The summed E-state index contributed by atoms with van der Waals surface area (Å²) >= 11 is -0.487. The second-order valence-corrected chi connectivity index (χ2v) is 17.9. The van der Waals surface area contributed by atoms with Gasteiger partial charge >= 0.3 is 101 Å². The summed E-state index contributed by atoms with van der Waals surface area (Å²) in [6.07, 6.45) is -23.4. The van der Waals surface area contributed by atoms with Crippen LogP contribution in [0.2, 0.25) is 0 Å². The Hall–Kier alpha value is -3.97. The van der Waals surface area contributed by atoms with Crippen LogP contribution in [0.4, 0.5) is 160 Å². The zero-order valence-electron chi connectivity index (χ0n) is 36.2. The molecule has 1 amide bonds. The van der Waals surface area contributed by atoms with Gasteiger partial charge in [0.15, 0.2) is 0 Å². The number of alkyl halides is 34. The molecular formula is C37H25F34NO2S2. The highest BCUT2D eigenvalue weighted by Gasteiger charge is 2.97. The Labute approximate surface area is 408 Å². The van der Waals surface area contributed by atoms with E-state index >= 15 is 0 Å². The Balaban J connectivity index is 2.47. The molecule has 0 bridgehead atoms. The number of thioether (sulfide) groups is 2. The minimum atomic E-state index is -8.92. The number of nitrogens with one attached hydrogen (secondary N) is 1. The molecule has 0 atom stereocenters. The highest BCUT2D eigenvalue weighted by atomic mass is 32.2. The quantitative estimate of drug-likeness (QED) is 0.0840. The van der Waals surface area contributed by atoms with E-state index in [2.05, 4.69) is 5.32 Å². The lowest BCUT2D eigenvalue weighted by atomic mass is 9.88. The number of anilines is 1. The second kappa shape index (κ2) is 20.9. The number of carbonyl (C=O) groups is 1. The van der Waals surface area contributed by atoms with Crippen LogP contribution in [0.5, 0.6) is 5.75 Å². The van der Waals surface area contributed by atoms with Crippen molar-refractivity contribution in [1.82, 2.24) is 0 Å². The minimum Gasteiger partial charge on any atom is -0.409 e. The standard InChI is InChI=1S/C37H25F34NO2S2/c1-15-3-5-19(6-4-15)72-21(73)74-20-16(2)11-17(13-75-9-7-22(38,39)24(42,43)26(46,47)28(50,51)30(54,55)32(58,59)34(62,63)36(66,67)68)12-18(20)14-76-10-8-23(40,41)25(44,45)27(48,49)29(52,53)31(56,57)33(60,61)35(64,65)37(69,70)71/h3-6,11-12H,7-10,13-14H2,1-2H3,(H,72,73). The molecule has 0 radical (unpaired) electrons. The van der Waals surface area contributed by atoms with E-state index < -0.39 is 160 Å². The molecule has 3 nitrogen and oxygen atoms in total. The highest BCUT2D eigenvalue weighted by molar-refractivity contribution is 7.98. The molecular weight excluding hydrogens is 1200 g/mol. The van der Waals surface area contributed by atoms with E-state index in [1.165, 1.54) is 24.3 Å². The SMILES string of the molecule is Cc1ccc(NC(=O)Oc2c(C)cc(CSCCC(F)(F)C(F)(F)C(F)(F)C(F)(F)C(F)(F)C(F)(F)C(F)(F)C(F)(F)F)cc2CSCCC(F)(F)C(F)(F)C(F)(F)C(F)(F)C(F)(F)C(F)(F)C(F)(F)C(F)(F)F)cc1. The summed E-state index contributed by atoms with van der Waals surface area (Å²) in [7, 11) is 0. The van der Waals surface area contributed by atoms with Crippen LogP contribution < -0.4 is 10.1 Å². The van der Waals surface area contributed by atoms with E-state index in [-0.39, 0.29) is 29.2 Å². The van der Waals surface area contributed by atoms with Crippen molar-refractivity contribution in [2.24, 2.45) is 0 Å². The minimum absolute atomic E-state index is 0.0585. The lowest BCUT2D eigenvalue weighted by molar-refractivity contribution is -0.461. The van der Waals surface area contributed by atoms with Gasteiger partial charge < -0.3 is 4.74 Å². The lowest BCUT2D eigenvalue weighted by Gasteiger charge is -2.42. The van der Waals surface area contributed by atoms with Crippen molar-refractivity contribution in [3.05, 3.63) is 58.7 Å². The van der Waals surface area contributed by atoms with Crippen molar-refractivity contribution < 1.29 is 159 Å². The number of hydrogen-bond acceptors (Lipinski definition) is 4. The fourth-order valence-corrected chi connectivity index (χ4v) is 7.54. The van der Waals surface area contributed by atoms with Crippen molar-refractivity contribution in [3.63, 3.8) is 0 Å². The Morgan fingerprint density at radius 3 is 1.05 bits per heavy atom. The summed E-state index contributed by atoms with van der Waals surface area (Å²) in [5.41, 5.74) is -0.997. The first-order chi connectivity index (χ1) is 33.3. The van der Waals surface area contributed by atoms with Crippen molar-refractivity contribution in [2.45, 2.75) is 133 Å². The van der Waals surface area contributed by atoms with Gasteiger partial charge in [0.1, 0.15) is 5.75 Å². The van der Waals surface area contributed by atoms with Gasteiger partial charge in [-0.3, -0.25) is 5.32 Å². The maximum absolute atomic E-state index is 14.6. The Morgan fingerprint density at radius 1 is 0.421 bits per heavy atom. The molecule has 1 N–H and O–H groups in total. The zero-order chi connectivity index (χ0) is 60.4. The Morgan fingerprint density at radius 2 is 0.724 bits per heavy atom. The molecule has 0 spiro atoms. The second-order valence-electron chi connectivity index (χ2n) is 15.7. The number of halogens is 34. The fourth-order valence-electron chi connectivity index (χ4n) is 5.62. The summed E-state index contributed by atoms with van der Waals surface area (Å²) in [6, 6.07) is 6.69. The molecule has 0 aromatic heterocycles. The van der Waals surface area contributed by atoms with Gasteiger partial charge in [-0.25, -0.2) is 4.79 Å². The van der Waals surface area contributed by atoms with Gasteiger partial charge in [-0.1, -0.05) is 29.8 Å². The third kappa shape index (κ3) is 11.3. The van der Waals surface area contributed by atoms with Crippen LogP contribution in [0.25, 0.3) is 0 Å². The van der Waals surface area contributed by atoms with Gasteiger partial charge in [0.25, 0.3) is 0 Å². The molecule has 0 saturated heterocycles. The summed E-state index contributed by atoms with van der Waals surface area (Å²) in [5.74, 6) is -124. The van der Waals surface area contributed by atoms with Crippen LogP contribution in [-0.4, -0.2) is 113 Å². The van der Waals surface area contributed by atoms with E-state index in [1.807, 2.05) is 0 Å². The van der Waals surface area contributed by atoms with Gasteiger partial charge in [0.2, 0.25) is 0 Å². The Bertz CT molecular complexity index is 2340. The third-order valence-corrected chi connectivity index (χ3v) is 12.2. The molecule has 2 aromatic rings. The average Bonchev–Trinajstić information content (AvgIpc) is 3.24. The van der Waals surface area contributed by atoms with E-state index in [9.17, 15) is 154 Å². The molecule has 0 saturated carbocycles. The van der Waals surface area contributed by atoms with Crippen LogP contribution in [0.3, 0.4) is 0 Å². The fraction of sp³-hybridized carbons (Fsp3) is 0.649. The number of ether oxygens (including phenoxy) is 1. The van der Waals surface area contributed by atoms with Gasteiger partial charge in [-0.2, -0.15) is 173 Å². The molecule has 39 heteroatoms. The van der Waals surface area contributed by atoms with Crippen molar-refractivity contribution in [3.8, 4) is 5.75 Å². The molecule has 0 aliphatic carbocycles. The molecule has 2 rings (SSSR count). The number of amides is 1. The van der Waals surface area contributed by atoms with Crippen LogP contribution in [0, 0.1) is 13.8 Å². The molecule has 76 heavy (non-hydrogen) atoms. The highest BCUT2D eigenvalue weighted by Crippen LogP contribution is 2.66. The molecule has 0 heterocycles. The van der Waals surface area contributed by atoms with Crippen molar-refractivity contribution >= 4 is 35.3 Å². The first-order valence-electron chi connectivity index (χ1n) is 19.1. The smallest absolute Gasteiger partial charge is 0.409 e. The first kappa shape index (κ1) is 68.1. The van der Waals surface area contributed by atoms with Crippen LogP contribution in [-0.2, 0) is 11.5 Å². The summed E-state index contributed by atoms with van der Waals surface area (Å²) in [4.78, 5) is 12.7. The summed E-state index contributed by atoms with van der Waals surface area (Å²) < 4.78 is 470. The maximum atomic E-state index is 14.6. The summed E-state index contributed by atoms with van der Waals surface area (Å²) in [5, 5.41) is 2.09. The average molecular weight is 1230 g/mol. The zero-order valence-corrected chi connectivity index (χ0v) is 37.8. The van der Waals surface area contributed by atoms with Crippen molar-refractivity contribution in [1.29, 1.82) is 0 Å². The molecule has 2 aromatic carbocycles. The number of hydrogen-bond donors (Lipinski definition) is 1. The van der Waals surface area contributed by atoms with Gasteiger partial charge in [-0.15, -0.1) is 0 Å². The van der Waals surface area contributed by atoms with E-state index in [0.717, 1.165) is 13.0 Å². The molecule has 0 fully saturated rings. The molecule has 440 valence electrons. The van der Waals surface area contributed by atoms with Crippen LogP contribution in [0.15, 0.2) is 36.4 Å². The van der Waals surface area contributed by atoms with Gasteiger partial charge in [0.05, 0.1) is 0 Å². The number of benzene rings is 2. The monoisotopic (exact) mass is 1230 g/mol. The topological polar surface area (TPSA) is 38.3 Å². The van der Waals surface area contributed by atoms with Crippen molar-refractivity contribution in [2.75, 3.05) is 16.8 Å².